The second-order valence-corrected chi connectivity index (χ2v) is 8.76. The van der Waals surface area contributed by atoms with E-state index in [2.05, 4.69) is 12.2 Å². The molecule has 156 valence electrons. The van der Waals surface area contributed by atoms with Gasteiger partial charge in [-0.15, -0.1) is 0 Å². The lowest BCUT2D eigenvalue weighted by Gasteiger charge is -2.57. The molecule has 2 saturated heterocycles. The Hall–Kier alpha value is -0.730. The third-order valence-corrected chi connectivity index (χ3v) is 6.81. The summed E-state index contributed by atoms with van der Waals surface area (Å²) in [6, 6.07) is 0. The summed E-state index contributed by atoms with van der Waals surface area (Å²) >= 11 is 0. The van der Waals surface area contributed by atoms with Gasteiger partial charge in [0.25, 0.3) is 0 Å². The molecule has 27 heavy (non-hydrogen) atoms. The predicted molar refractivity (Wildman–Crippen MR) is 98.3 cm³/mol. The number of carbonyl (C=O) groups is 1. The standard InChI is InChI=1S/C20H35NO6/c1-5-16(22)21-10-11-25-17-13(3)15-7-6-12(2)14-8-9-19(4,23)27-18(26-17)20(14,15)24/h12-15,17-18,23-24H,5-11H2,1-4H3,(H,21,22)/t12-,13-,14?,15?,17?,18-,19+,20-/m1/s1. The average Bonchev–Trinajstić information content (AvgIpc) is 2.71. The van der Waals surface area contributed by atoms with E-state index in [1.54, 1.807) is 13.8 Å². The quantitative estimate of drug-likeness (QED) is 0.624. The lowest BCUT2D eigenvalue weighted by Crippen LogP contribution is -2.67. The van der Waals surface area contributed by atoms with Crippen LogP contribution >= 0.6 is 0 Å². The third kappa shape index (κ3) is 4.03. The molecule has 3 unspecified atom stereocenters. The molecule has 7 nitrogen and oxygen atoms in total. The first-order valence-electron chi connectivity index (χ1n) is 10.4. The number of ether oxygens (including phenoxy) is 3. The van der Waals surface area contributed by atoms with Crippen LogP contribution in [0, 0.1) is 23.7 Å². The lowest BCUT2D eigenvalue weighted by molar-refractivity contribution is -0.407. The molecule has 0 radical (unpaired) electrons. The smallest absolute Gasteiger partial charge is 0.219 e. The van der Waals surface area contributed by atoms with Crippen molar-refractivity contribution in [2.45, 2.75) is 83.8 Å². The molecule has 0 aromatic heterocycles. The van der Waals surface area contributed by atoms with Crippen LogP contribution in [0.3, 0.4) is 0 Å². The minimum atomic E-state index is -1.33. The highest BCUT2D eigenvalue weighted by molar-refractivity contribution is 5.75. The van der Waals surface area contributed by atoms with Gasteiger partial charge in [0.05, 0.1) is 6.61 Å². The van der Waals surface area contributed by atoms with Gasteiger partial charge < -0.3 is 29.7 Å². The van der Waals surface area contributed by atoms with Gasteiger partial charge in [-0.25, -0.2) is 0 Å². The van der Waals surface area contributed by atoms with Gasteiger partial charge in [0, 0.05) is 31.2 Å². The van der Waals surface area contributed by atoms with Crippen LogP contribution in [0.2, 0.25) is 0 Å². The summed E-state index contributed by atoms with van der Waals surface area (Å²) in [4.78, 5) is 11.4. The van der Waals surface area contributed by atoms with Crippen molar-refractivity contribution in [2.75, 3.05) is 13.2 Å². The van der Waals surface area contributed by atoms with Gasteiger partial charge >= 0.3 is 0 Å². The zero-order chi connectivity index (χ0) is 19.8. The number of rotatable bonds is 5. The molecule has 0 bridgehead atoms. The van der Waals surface area contributed by atoms with E-state index in [-0.39, 0.29) is 23.7 Å². The highest BCUT2D eigenvalue weighted by atomic mass is 16.8. The van der Waals surface area contributed by atoms with Gasteiger partial charge in [0.2, 0.25) is 5.91 Å². The van der Waals surface area contributed by atoms with Crippen LogP contribution in [0.4, 0.5) is 0 Å². The molecule has 2 heterocycles. The molecule has 1 amide bonds. The minimum Gasteiger partial charge on any atom is -0.384 e. The van der Waals surface area contributed by atoms with E-state index in [9.17, 15) is 15.0 Å². The van der Waals surface area contributed by atoms with Crippen molar-refractivity contribution in [1.82, 2.24) is 5.32 Å². The van der Waals surface area contributed by atoms with Crippen molar-refractivity contribution in [2.24, 2.45) is 23.7 Å². The highest BCUT2D eigenvalue weighted by Gasteiger charge is 2.63. The fourth-order valence-electron chi connectivity index (χ4n) is 5.22. The minimum absolute atomic E-state index is 0.00484. The molecule has 0 aromatic rings. The van der Waals surface area contributed by atoms with Gasteiger partial charge in [-0.2, -0.15) is 0 Å². The van der Waals surface area contributed by atoms with E-state index >= 15 is 0 Å². The molecule has 3 rings (SSSR count). The molecule has 0 aromatic carbocycles. The number of amides is 1. The number of carbonyl (C=O) groups excluding carboxylic acids is 1. The van der Waals surface area contributed by atoms with Crippen molar-refractivity contribution < 1.29 is 29.2 Å². The zero-order valence-corrected chi connectivity index (χ0v) is 16.9. The van der Waals surface area contributed by atoms with Crippen LogP contribution in [-0.2, 0) is 19.0 Å². The number of aliphatic hydroxyl groups is 2. The Morgan fingerprint density at radius 1 is 1.22 bits per heavy atom. The van der Waals surface area contributed by atoms with Gasteiger partial charge in [-0.05, 0) is 38.0 Å². The van der Waals surface area contributed by atoms with E-state index < -0.39 is 24.0 Å². The number of hydrogen-bond donors (Lipinski definition) is 3. The molecule has 7 heteroatoms. The average molecular weight is 386 g/mol. The van der Waals surface area contributed by atoms with Crippen LogP contribution in [0.25, 0.3) is 0 Å². The normalized spacial score (nSPS) is 47.0. The first-order chi connectivity index (χ1) is 12.7. The molecule has 3 aliphatic rings. The third-order valence-electron chi connectivity index (χ3n) is 6.81. The van der Waals surface area contributed by atoms with Gasteiger partial charge in [0.1, 0.15) is 5.60 Å². The summed E-state index contributed by atoms with van der Waals surface area (Å²) in [5.74, 6) is -0.983. The molecule has 1 saturated carbocycles. The fourth-order valence-corrected chi connectivity index (χ4v) is 5.22. The van der Waals surface area contributed by atoms with Crippen LogP contribution in [0.5, 0.6) is 0 Å². The Bertz CT molecular complexity index is 541. The molecule has 0 spiro atoms. The monoisotopic (exact) mass is 385 g/mol. The summed E-state index contributed by atoms with van der Waals surface area (Å²) in [5, 5.41) is 25.1. The first-order valence-corrected chi connectivity index (χ1v) is 10.4. The van der Waals surface area contributed by atoms with Crippen LogP contribution < -0.4 is 5.32 Å². The Morgan fingerprint density at radius 3 is 2.67 bits per heavy atom. The van der Waals surface area contributed by atoms with Crippen LogP contribution in [-0.4, -0.2) is 53.2 Å². The maximum absolute atomic E-state index is 11.7. The molecule has 1 aliphatic carbocycles. The second-order valence-electron chi connectivity index (χ2n) is 8.76. The zero-order valence-electron chi connectivity index (χ0n) is 16.9. The molecular formula is C20H35NO6. The summed E-state index contributed by atoms with van der Waals surface area (Å²) in [6.07, 6.45) is 2.09. The topological polar surface area (TPSA) is 97.3 Å². The Labute approximate surface area is 161 Å². The van der Waals surface area contributed by atoms with Crippen molar-refractivity contribution in [1.29, 1.82) is 0 Å². The van der Waals surface area contributed by atoms with Gasteiger partial charge in [-0.3, -0.25) is 4.79 Å². The van der Waals surface area contributed by atoms with Crippen LogP contribution in [0.1, 0.15) is 59.8 Å². The Kier molecular flexibility index (Phi) is 6.18. The number of hydrogen-bond acceptors (Lipinski definition) is 6. The predicted octanol–water partition coefficient (Wildman–Crippen LogP) is 1.76. The van der Waals surface area contributed by atoms with E-state index in [1.807, 2.05) is 6.92 Å². The molecule has 3 N–H and O–H groups in total. The maximum Gasteiger partial charge on any atom is 0.219 e. The Balaban J connectivity index is 1.74. The van der Waals surface area contributed by atoms with Crippen molar-refractivity contribution in [3.8, 4) is 0 Å². The summed E-state index contributed by atoms with van der Waals surface area (Å²) in [7, 11) is 0. The highest BCUT2D eigenvalue weighted by Crippen LogP contribution is 2.55. The van der Waals surface area contributed by atoms with Gasteiger partial charge in [0.15, 0.2) is 18.4 Å². The largest absolute Gasteiger partial charge is 0.384 e. The SMILES string of the molecule is CCC(=O)NCCOC1O[C@@H]2O[C@](C)(O)CCC3[C@H](C)CCC([C@H]1C)[C@]32O. The molecule has 3 fully saturated rings. The van der Waals surface area contributed by atoms with Gasteiger partial charge in [-0.1, -0.05) is 20.8 Å². The molecule has 2 aliphatic heterocycles. The molecule has 8 atom stereocenters. The Morgan fingerprint density at radius 2 is 1.96 bits per heavy atom. The van der Waals surface area contributed by atoms with E-state index in [0.29, 0.717) is 38.3 Å². The van der Waals surface area contributed by atoms with E-state index in [1.165, 1.54) is 0 Å². The number of nitrogens with one attached hydrogen (secondary N) is 1. The first kappa shape index (κ1) is 21.0. The maximum atomic E-state index is 11.7. The van der Waals surface area contributed by atoms with E-state index in [4.69, 9.17) is 14.2 Å². The summed E-state index contributed by atoms with van der Waals surface area (Å²) in [6.45, 7) is 8.39. The summed E-state index contributed by atoms with van der Waals surface area (Å²) in [5.41, 5.74) is -1.12. The van der Waals surface area contributed by atoms with Crippen molar-refractivity contribution in [3.05, 3.63) is 0 Å². The second kappa shape index (κ2) is 7.95. The lowest BCUT2D eigenvalue weighted by atomic mass is 9.58. The van der Waals surface area contributed by atoms with Crippen molar-refractivity contribution in [3.63, 3.8) is 0 Å². The van der Waals surface area contributed by atoms with E-state index in [0.717, 1.165) is 12.8 Å². The molecular weight excluding hydrogens is 350 g/mol. The van der Waals surface area contributed by atoms with Crippen LogP contribution in [0.15, 0.2) is 0 Å². The fraction of sp³-hybridized carbons (Fsp3) is 0.950. The van der Waals surface area contributed by atoms with Crippen molar-refractivity contribution >= 4 is 5.91 Å². The summed E-state index contributed by atoms with van der Waals surface area (Å²) < 4.78 is 17.8.